The van der Waals surface area contributed by atoms with Crippen molar-refractivity contribution in [2.24, 2.45) is 5.92 Å². The van der Waals surface area contributed by atoms with Gasteiger partial charge in [-0.1, -0.05) is 141 Å². The molecule has 10 atom stereocenters. The fourth-order valence-electron chi connectivity index (χ4n) is 7.68. The van der Waals surface area contributed by atoms with Crippen LogP contribution in [0.2, 0.25) is 0 Å². The average Bonchev–Trinajstić information content (AvgIpc) is 4.01. The predicted octanol–water partition coefficient (Wildman–Crippen LogP) is 9.23. The van der Waals surface area contributed by atoms with Crippen LogP contribution in [0, 0.1) is 5.92 Å². The number of aliphatic hydroxyl groups excluding tert-OH is 2. The Kier molecular flexibility index (Phi) is 30.1. The molecule has 0 amide bonds. The topological polar surface area (TPSA) is 278 Å². The van der Waals surface area contributed by atoms with E-state index in [9.17, 15) is 43.5 Å². The van der Waals surface area contributed by atoms with E-state index in [1.807, 2.05) is 12.2 Å². The Labute approximate surface area is 414 Å². The van der Waals surface area contributed by atoms with Crippen molar-refractivity contribution in [1.82, 2.24) is 9.55 Å². The number of nitrogen functional groups attached to an aromatic ring is 1. The lowest BCUT2D eigenvalue weighted by Crippen LogP contribution is -2.36. The van der Waals surface area contributed by atoms with Crippen LogP contribution in [0.5, 0.6) is 0 Å². The van der Waals surface area contributed by atoms with E-state index in [1.54, 1.807) is 0 Å². The van der Waals surface area contributed by atoms with Gasteiger partial charge in [-0.3, -0.25) is 23.2 Å². The second kappa shape index (κ2) is 34.4. The maximum Gasteiger partial charge on any atom is 0.481 e. The van der Waals surface area contributed by atoms with Crippen LogP contribution in [0.25, 0.3) is 0 Å². The summed E-state index contributed by atoms with van der Waals surface area (Å²) >= 11 is 0. The number of ether oxygens (including phenoxy) is 4. The number of phosphoric ester groups is 2. The second-order valence-electron chi connectivity index (χ2n) is 18.3. The van der Waals surface area contributed by atoms with E-state index in [0.717, 1.165) is 68.0 Å². The van der Waals surface area contributed by atoms with Crippen molar-refractivity contribution < 1.29 is 71.0 Å². The molecule has 21 heteroatoms. The maximum atomic E-state index is 12.9. The molecule has 6 N–H and O–H groups in total. The van der Waals surface area contributed by atoms with Crippen LogP contribution >= 0.6 is 15.6 Å². The summed E-state index contributed by atoms with van der Waals surface area (Å²) in [7, 11) is -10.9. The summed E-state index contributed by atoms with van der Waals surface area (Å²) in [5.41, 5.74) is 4.58. The van der Waals surface area contributed by atoms with Gasteiger partial charge in [0.05, 0.1) is 25.4 Å². The highest BCUT2D eigenvalue weighted by Gasteiger charge is 2.46. The first-order chi connectivity index (χ1) is 33.5. The van der Waals surface area contributed by atoms with E-state index in [4.69, 9.17) is 33.7 Å². The zero-order valence-electron chi connectivity index (χ0n) is 41.7. The van der Waals surface area contributed by atoms with Crippen molar-refractivity contribution in [2.45, 2.75) is 211 Å². The van der Waals surface area contributed by atoms with E-state index in [-0.39, 0.29) is 30.9 Å². The van der Waals surface area contributed by atoms with Crippen molar-refractivity contribution in [3.05, 3.63) is 59.2 Å². The number of carbonyl (C=O) groups excluding carboxylic acids is 2. The summed E-state index contributed by atoms with van der Waals surface area (Å²) in [6.07, 6.45) is 28.3. The smallest absolute Gasteiger partial charge is 0.462 e. The van der Waals surface area contributed by atoms with Gasteiger partial charge in [-0.05, 0) is 63.4 Å². The van der Waals surface area contributed by atoms with Crippen molar-refractivity contribution in [2.75, 3.05) is 25.6 Å². The van der Waals surface area contributed by atoms with Crippen molar-refractivity contribution in [1.29, 1.82) is 0 Å². The predicted molar refractivity (Wildman–Crippen MR) is 265 cm³/mol. The van der Waals surface area contributed by atoms with Crippen LogP contribution < -0.4 is 11.4 Å². The van der Waals surface area contributed by atoms with Crippen LogP contribution in [0.1, 0.15) is 175 Å². The number of anilines is 1. The van der Waals surface area contributed by atoms with Gasteiger partial charge in [-0.15, -0.1) is 0 Å². The summed E-state index contributed by atoms with van der Waals surface area (Å²) < 4.78 is 62.5. The fourth-order valence-corrected chi connectivity index (χ4v) is 9.79. The zero-order valence-corrected chi connectivity index (χ0v) is 43.5. The molecule has 2 saturated heterocycles. The van der Waals surface area contributed by atoms with Crippen LogP contribution in [0.4, 0.5) is 5.82 Å². The molecule has 19 nitrogen and oxygen atoms in total. The van der Waals surface area contributed by atoms with Crippen molar-refractivity contribution in [3.63, 3.8) is 0 Å². The number of phosphoric acid groups is 2. The number of rotatable bonds is 40. The molecule has 400 valence electrons. The van der Waals surface area contributed by atoms with E-state index >= 15 is 0 Å². The summed E-state index contributed by atoms with van der Waals surface area (Å²) in [4.78, 5) is 62.0. The number of aromatic nitrogens is 2. The van der Waals surface area contributed by atoms with Crippen LogP contribution in [-0.4, -0.2) is 97.9 Å². The van der Waals surface area contributed by atoms with E-state index in [1.165, 1.54) is 70.3 Å². The molecule has 5 unspecified atom stereocenters. The van der Waals surface area contributed by atoms with Gasteiger partial charge < -0.3 is 44.7 Å². The minimum Gasteiger partial charge on any atom is -0.462 e. The summed E-state index contributed by atoms with van der Waals surface area (Å²) in [5, 5.41) is 20.9. The molecule has 2 aliphatic heterocycles. The van der Waals surface area contributed by atoms with Gasteiger partial charge in [0.15, 0.2) is 12.3 Å². The first-order valence-electron chi connectivity index (χ1n) is 25.5. The van der Waals surface area contributed by atoms with Gasteiger partial charge in [0, 0.05) is 19.0 Å². The molecule has 0 bridgehead atoms. The molecule has 3 heterocycles. The van der Waals surface area contributed by atoms with Crippen LogP contribution in [0.15, 0.2) is 53.5 Å². The SMILES string of the molecule is CCCCC/C=C\C/C=C\CC1OC1C/C=C\CCCC(=O)O[C@H](COC(=O)CCCCCCCCCCCCC(C)CC)COP(=O)(O)OP(=O)(O)OC[C@H]1O[C@@H](n2ccc(N)nc2=O)[C@H](O)[C@@H]1O. The van der Waals surface area contributed by atoms with Gasteiger partial charge in [0.1, 0.15) is 30.7 Å². The minimum absolute atomic E-state index is 0.0332. The van der Waals surface area contributed by atoms with Gasteiger partial charge in [0.2, 0.25) is 0 Å². The first kappa shape index (κ1) is 61.2. The van der Waals surface area contributed by atoms with Crippen LogP contribution in [-0.2, 0) is 51.0 Å². The van der Waals surface area contributed by atoms with E-state index in [0.29, 0.717) is 19.3 Å². The number of nitrogens with zero attached hydrogens (tertiary/aromatic N) is 2. The lowest BCUT2D eigenvalue weighted by atomic mass is 9.99. The molecule has 0 saturated carbocycles. The highest BCUT2D eigenvalue weighted by molar-refractivity contribution is 7.61. The normalized spacial score (nSPS) is 22.9. The number of hydrogen-bond donors (Lipinski definition) is 5. The number of aliphatic hydroxyl groups is 2. The van der Waals surface area contributed by atoms with E-state index in [2.05, 4.69) is 54.4 Å². The molecule has 1 aromatic rings. The minimum atomic E-state index is -5.44. The Balaban J connectivity index is 1.42. The third-order valence-corrected chi connectivity index (χ3v) is 14.8. The van der Waals surface area contributed by atoms with E-state index < -0.39 is 83.7 Å². The number of unbranched alkanes of at least 4 members (excludes halogenated alkanes) is 13. The van der Waals surface area contributed by atoms with Gasteiger partial charge in [-0.25, -0.2) is 13.9 Å². The number of hydrogen-bond acceptors (Lipinski definition) is 16. The Morgan fingerprint density at radius 1 is 0.757 bits per heavy atom. The third kappa shape index (κ3) is 26.6. The molecule has 0 aromatic carbocycles. The number of allylic oxidation sites excluding steroid dienone is 4. The lowest BCUT2D eigenvalue weighted by Gasteiger charge is -2.21. The molecule has 2 aliphatic rings. The molecular weight excluding hydrogens is 948 g/mol. The largest absolute Gasteiger partial charge is 0.481 e. The Morgan fingerprint density at radius 3 is 2.03 bits per heavy atom. The molecule has 0 spiro atoms. The van der Waals surface area contributed by atoms with Crippen LogP contribution in [0.3, 0.4) is 0 Å². The monoisotopic (exact) mass is 1030 g/mol. The number of nitrogens with two attached hydrogens (primary N) is 1. The lowest BCUT2D eigenvalue weighted by molar-refractivity contribution is -0.161. The summed E-state index contributed by atoms with van der Waals surface area (Å²) in [6, 6.07) is 1.24. The van der Waals surface area contributed by atoms with Gasteiger partial charge in [-0.2, -0.15) is 9.29 Å². The molecule has 0 radical (unpaired) electrons. The average molecular weight is 1030 g/mol. The highest BCUT2D eigenvalue weighted by Crippen LogP contribution is 2.60. The molecule has 3 rings (SSSR count). The summed E-state index contributed by atoms with van der Waals surface area (Å²) in [6.45, 7) is 4.38. The maximum absolute atomic E-state index is 12.9. The Bertz CT molecular complexity index is 1900. The number of esters is 2. The first-order valence-corrected chi connectivity index (χ1v) is 28.5. The van der Waals surface area contributed by atoms with Gasteiger partial charge >= 0.3 is 33.3 Å². The number of epoxide rings is 1. The highest BCUT2D eigenvalue weighted by atomic mass is 31.3. The fraction of sp³-hybridized carbons (Fsp3) is 0.755. The van der Waals surface area contributed by atoms with Crippen molar-refractivity contribution in [3.8, 4) is 0 Å². The Morgan fingerprint density at radius 2 is 1.36 bits per heavy atom. The number of carbonyl (C=O) groups is 2. The standard InChI is InChI=1S/C49H83N3O16P2/c1-4-6-7-8-9-12-16-19-24-29-40-41(66-40)30-25-21-22-27-32-45(54)65-39(35-62-44(53)31-26-20-17-14-11-10-13-15-18-23-28-38(3)5-2)36-63-69(58,59)68-70(60,61)64-37-42-46(55)47(56)48(67-42)52-34-33-43(50)51-49(52)57/h9,12,19,21,24-25,33-34,38-42,46-48,55-56H,4-8,10-11,13-18,20,22-23,26-32,35-37H2,1-3H3,(H,58,59)(H,60,61)(H2,50,51,57)/b12-9-,24-19-,25-21-/t38?,39-,40?,41?,42-,46-,47-,48-/m1/s1. The third-order valence-electron chi connectivity index (χ3n) is 12.2. The van der Waals surface area contributed by atoms with Gasteiger partial charge in [0.25, 0.3) is 0 Å². The second-order valence-corrected chi connectivity index (χ2v) is 21.3. The molecule has 0 aliphatic carbocycles. The molecular formula is C49H83N3O16P2. The Hall–Kier alpha value is -3.06. The molecule has 70 heavy (non-hydrogen) atoms. The summed E-state index contributed by atoms with van der Waals surface area (Å²) in [5.74, 6) is -0.569. The molecule has 2 fully saturated rings. The quantitative estimate of drug-likeness (QED) is 0.0135. The zero-order chi connectivity index (χ0) is 51.2. The molecule has 1 aromatic heterocycles. The van der Waals surface area contributed by atoms with Crippen molar-refractivity contribution >= 4 is 33.4 Å².